The number of rotatable bonds is 4. The van der Waals surface area contributed by atoms with Crippen LogP contribution in [-0.2, 0) is 19.1 Å². The molecule has 17 heavy (non-hydrogen) atoms. The van der Waals surface area contributed by atoms with Crippen molar-refractivity contribution < 1.29 is 19.1 Å². The Morgan fingerprint density at radius 1 is 1.06 bits per heavy atom. The number of carbonyl (C=O) groups excluding carboxylic acids is 2. The van der Waals surface area contributed by atoms with Crippen molar-refractivity contribution in [2.45, 2.75) is 26.7 Å². The van der Waals surface area contributed by atoms with Crippen molar-refractivity contribution in [1.29, 1.82) is 0 Å². The fourth-order valence-corrected chi connectivity index (χ4v) is 2.03. The second-order valence-electron chi connectivity index (χ2n) is 4.33. The lowest BCUT2D eigenvalue weighted by atomic mass is 9.78. The van der Waals surface area contributed by atoms with Gasteiger partial charge in [-0.2, -0.15) is 0 Å². The predicted molar refractivity (Wildman–Crippen MR) is 62.4 cm³/mol. The maximum Gasteiger partial charge on any atom is 0.323 e. The van der Waals surface area contributed by atoms with Gasteiger partial charge < -0.3 is 14.4 Å². The smallest absolute Gasteiger partial charge is 0.323 e. The van der Waals surface area contributed by atoms with Gasteiger partial charge in [0.15, 0.2) is 5.41 Å². The molecule has 5 nitrogen and oxygen atoms in total. The molecule has 0 atom stereocenters. The van der Waals surface area contributed by atoms with Crippen molar-refractivity contribution >= 4 is 11.9 Å². The highest BCUT2D eigenvalue weighted by Crippen LogP contribution is 2.34. The lowest BCUT2D eigenvalue weighted by Gasteiger charge is -2.36. The van der Waals surface area contributed by atoms with Gasteiger partial charge in [0.05, 0.1) is 13.2 Å². The summed E-state index contributed by atoms with van der Waals surface area (Å²) in [5.41, 5.74) is -1.08. The highest BCUT2D eigenvalue weighted by molar-refractivity contribution is 6.00. The molecule has 0 spiro atoms. The van der Waals surface area contributed by atoms with Gasteiger partial charge in [0, 0.05) is 0 Å². The summed E-state index contributed by atoms with van der Waals surface area (Å²) < 4.78 is 10.1. The summed E-state index contributed by atoms with van der Waals surface area (Å²) in [5.74, 6) is -0.877. The van der Waals surface area contributed by atoms with Gasteiger partial charge in [-0.05, 0) is 46.8 Å². The van der Waals surface area contributed by atoms with E-state index in [-0.39, 0.29) is 13.2 Å². The Labute approximate surface area is 102 Å². The second kappa shape index (κ2) is 6.00. The summed E-state index contributed by atoms with van der Waals surface area (Å²) in [6, 6.07) is 0. The van der Waals surface area contributed by atoms with Crippen LogP contribution in [0.4, 0.5) is 0 Å². The van der Waals surface area contributed by atoms with Gasteiger partial charge in [-0.3, -0.25) is 9.59 Å². The van der Waals surface area contributed by atoms with E-state index in [9.17, 15) is 9.59 Å². The van der Waals surface area contributed by atoms with Crippen LogP contribution in [0.25, 0.3) is 0 Å². The van der Waals surface area contributed by atoms with Crippen molar-refractivity contribution in [3.8, 4) is 0 Å². The zero-order valence-electron chi connectivity index (χ0n) is 10.8. The van der Waals surface area contributed by atoms with Gasteiger partial charge in [0.1, 0.15) is 0 Å². The molecule has 1 fully saturated rings. The molecule has 0 amide bonds. The first-order valence-corrected chi connectivity index (χ1v) is 6.09. The van der Waals surface area contributed by atoms with Gasteiger partial charge in [0.2, 0.25) is 0 Å². The molecule has 0 aromatic rings. The first-order chi connectivity index (χ1) is 8.06. The van der Waals surface area contributed by atoms with Crippen LogP contribution in [0.1, 0.15) is 26.7 Å². The van der Waals surface area contributed by atoms with Crippen LogP contribution < -0.4 is 0 Å². The number of nitrogens with zero attached hydrogens (tertiary/aromatic N) is 1. The maximum atomic E-state index is 12.0. The van der Waals surface area contributed by atoms with Crippen LogP contribution in [-0.4, -0.2) is 50.2 Å². The van der Waals surface area contributed by atoms with E-state index in [1.54, 1.807) is 13.8 Å². The molecule has 98 valence electrons. The monoisotopic (exact) mass is 243 g/mol. The summed E-state index contributed by atoms with van der Waals surface area (Å²) in [5, 5.41) is 0. The van der Waals surface area contributed by atoms with Crippen LogP contribution in [0, 0.1) is 5.41 Å². The van der Waals surface area contributed by atoms with E-state index in [1.807, 2.05) is 7.05 Å². The van der Waals surface area contributed by atoms with Crippen LogP contribution >= 0.6 is 0 Å². The number of likely N-dealkylation sites (tertiary alicyclic amines) is 1. The number of piperidine rings is 1. The topological polar surface area (TPSA) is 55.8 Å². The third kappa shape index (κ3) is 2.97. The molecule has 0 radical (unpaired) electrons. The van der Waals surface area contributed by atoms with Crippen molar-refractivity contribution in [3.05, 3.63) is 0 Å². The molecule has 0 aliphatic carbocycles. The molecular weight excluding hydrogens is 222 g/mol. The average molecular weight is 243 g/mol. The first-order valence-electron chi connectivity index (χ1n) is 6.09. The van der Waals surface area contributed by atoms with Gasteiger partial charge >= 0.3 is 11.9 Å². The Kier molecular flexibility index (Phi) is 4.93. The Bertz CT molecular complexity index is 262. The normalized spacial score (nSPS) is 19.7. The van der Waals surface area contributed by atoms with E-state index in [4.69, 9.17) is 9.47 Å². The number of hydrogen-bond donors (Lipinski definition) is 0. The van der Waals surface area contributed by atoms with Crippen molar-refractivity contribution in [1.82, 2.24) is 4.90 Å². The summed E-state index contributed by atoms with van der Waals surface area (Å²) in [7, 11) is 1.97. The number of hydrogen-bond acceptors (Lipinski definition) is 5. The van der Waals surface area contributed by atoms with Crippen molar-refractivity contribution in [2.75, 3.05) is 33.4 Å². The molecule has 1 saturated heterocycles. The van der Waals surface area contributed by atoms with Crippen LogP contribution in [0.3, 0.4) is 0 Å². The molecule has 0 unspecified atom stereocenters. The standard InChI is InChI=1S/C12H21NO4/c1-4-16-10(14)12(11(15)17-5-2)6-8-13(3)9-7-12/h4-9H2,1-3H3. The van der Waals surface area contributed by atoms with Gasteiger partial charge in [-0.15, -0.1) is 0 Å². The second-order valence-corrected chi connectivity index (χ2v) is 4.33. The van der Waals surface area contributed by atoms with E-state index < -0.39 is 17.4 Å². The number of ether oxygens (including phenoxy) is 2. The third-order valence-electron chi connectivity index (χ3n) is 3.17. The zero-order valence-corrected chi connectivity index (χ0v) is 10.8. The molecule has 0 saturated carbocycles. The molecular formula is C12H21NO4. The minimum absolute atomic E-state index is 0.288. The summed E-state index contributed by atoms with van der Waals surface area (Å²) in [6.45, 7) is 5.47. The van der Waals surface area contributed by atoms with E-state index in [2.05, 4.69) is 4.90 Å². The first kappa shape index (κ1) is 14.0. The van der Waals surface area contributed by atoms with Crippen molar-refractivity contribution in [3.63, 3.8) is 0 Å². The lowest BCUT2D eigenvalue weighted by molar-refractivity contribution is -0.175. The van der Waals surface area contributed by atoms with Gasteiger partial charge in [-0.25, -0.2) is 0 Å². The zero-order chi connectivity index (χ0) is 12.9. The van der Waals surface area contributed by atoms with Crippen LogP contribution in [0.2, 0.25) is 0 Å². The molecule has 1 aliphatic rings. The highest BCUT2D eigenvalue weighted by Gasteiger charge is 2.50. The highest BCUT2D eigenvalue weighted by atomic mass is 16.6. The average Bonchev–Trinajstić information content (AvgIpc) is 2.31. The molecule has 1 heterocycles. The van der Waals surface area contributed by atoms with Crippen LogP contribution in [0.15, 0.2) is 0 Å². The summed E-state index contributed by atoms with van der Waals surface area (Å²) in [4.78, 5) is 26.1. The van der Waals surface area contributed by atoms with E-state index in [1.165, 1.54) is 0 Å². The summed E-state index contributed by atoms with van der Waals surface area (Å²) >= 11 is 0. The lowest BCUT2D eigenvalue weighted by Crippen LogP contribution is -2.49. The largest absolute Gasteiger partial charge is 0.465 e. The fourth-order valence-electron chi connectivity index (χ4n) is 2.03. The molecule has 0 aromatic carbocycles. The molecule has 0 N–H and O–H groups in total. The van der Waals surface area contributed by atoms with E-state index >= 15 is 0 Å². The maximum absolute atomic E-state index is 12.0. The molecule has 1 aliphatic heterocycles. The van der Waals surface area contributed by atoms with E-state index in [0.717, 1.165) is 0 Å². The third-order valence-corrected chi connectivity index (χ3v) is 3.17. The fraction of sp³-hybridized carbons (Fsp3) is 0.833. The minimum Gasteiger partial charge on any atom is -0.465 e. The van der Waals surface area contributed by atoms with Gasteiger partial charge in [-0.1, -0.05) is 0 Å². The molecule has 5 heteroatoms. The number of carbonyl (C=O) groups is 2. The van der Waals surface area contributed by atoms with Crippen LogP contribution in [0.5, 0.6) is 0 Å². The minimum atomic E-state index is -1.08. The Morgan fingerprint density at radius 2 is 1.47 bits per heavy atom. The Balaban J connectivity index is 2.84. The SMILES string of the molecule is CCOC(=O)C1(C(=O)OCC)CCN(C)CC1. The predicted octanol–water partition coefficient (Wildman–Crippen LogP) is 0.825. The van der Waals surface area contributed by atoms with E-state index in [0.29, 0.717) is 25.9 Å². The summed E-state index contributed by atoms with van der Waals surface area (Å²) in [6.07, 6.45) is 0.947. The van der Waals surface area contributed by atoms with Gasteiger partial charge in [0.25, 0.3) is 0 Å². The Morgan fingerprint density at radius 3 is 1.82 bits per heavy atom. The molecule has 0 aromatic heterocycles. The number of esters is 2. The molecule has 1 rings (SSSR count). The van der Waals surface area contributed by atoms with Crippen molar-refractivity contribution in [2.24, 2.45) is 5.41 Å². The molecule has 0 bridgehead atoms. The quantitative estimate of drug-likeness (QED) is 0.540. The Hall–Kier alpha value is -1.10.